The van der Waals surface area contributed by atoms with Crippen LogP contribution in [0.15, 0.2) is 35.6 Å². The van der Waals surface area contributed by atoms with Gasteiger partial charge in [-0.05, 0) is 19.7 Å². The first kappa shape index (κ1) is 13.1. The summed E-state index contributed by atoms with van der Waals surface area (Å²) in [6.45, 7) is 3.37. The zero-order valence-electron chi connectivity index (χ0n) is 11.2. The minimum absolute atomic E-state index is 0.0273. The molecule has 2 aliphatic rings. The van der Waals surface area contributed by atoms with E-state index in [1.165, 1.54) is 0 Å². The van der Waals surface area contributed by atoms with Crippen molar-refractivity contribution < 1.29 is 19.4 Å². The van der Waals surface area contributed by atoms with Gasteiger partial charge in [0.1, 0.15) is 5.60 Å². The van der Waals surface area contributed by atoms with E-state index in [1.54, 1.807) is 38.1 Å². The second kappa shape index (κ2) is 4.06. The van der Waals surface area contributed by atoms with Crippen molar-refractivity contribution in [2.45, 2.75) is 31.4 Å². The molecule has 20 heavy (non-hydrogen) atoms. The molecule has 5 heteroatoms. The van der Waals surface area contributed by atoms with Gasteiger partial charge in [0.2, 0.25) is 5.78 Å². The predicted molar refractivity (Wildman–Crippen MR) is 72.8 cm³/mol. The summed E-state index contributed by atoms with van der Waals surface area (Å²) in [5.74, 6) is -1.63. The minimum Gasteiger partial charge on any atom is -0.484 e. The molecule has 1 aliphatic carbocycles. The number of fused-ring (bicyclic) bond motifs is 1. The van der Waals surface area contributed by atoms with Crippen LogP contribution in [0.4, 0.5) is 0 Å². The first-order chi connectivity index (χ1) is 9.34. The topological polar surface area (TPSA) is 63.6 Å². The molecule has 3 rings (SSSR count). The Bertz CT molecular complexity index is 660. The average molecular weight is 268 g/mol. The van der Waals surface area contributed by atoms with Crippen molar-refractivity contribution >= 4 is 19.4 Å². The fourth-order valence-electron chi connectivity index (χ4n) is 2.63. The summed E-state index contributed by atoms with van der Waals surface area (Å²) in [5.41, 5.74) is -0.360. The second-order valence-corrected chi connectivity index (χ2v) is 5.62. The van der Waals surface area contributed by atoms with E-state index in [0.717, 1.165) is 0 Å². The fraction of sp³-hybridized carbons (Fsp3) is 0.333. The van der Waals surface area contributed by atoms with E-state index >= 15 is 0 Å². The number of ketones is 2. The van der Waals surface area contributed by atoms with Crippen LogP contribution in [0.1, 0.15) is 34.6 Å². The summed E-state index contributed by atoms with van der Waals surface area (Å²) in [5, 5.41) is 10.3. The highest BCUT2D eigenvalue weighted by Gasteiger charge is 2.48. The molecular weight excluding hydrogens is 255 g/mol. The van der Waals surface area contributed by atoms with Gasteiger partial charge in [0.05, 0.1) is 19.5 Å². The van der Waals surface area contributed by atoms with Gasteiger partial charge >= 0.3 is 0 Å². The maximum absolute atomic E-state index is 12.5. The van der Waals surface area contributed by atoms with Crippen molar-refractivity contribution in [3.8, 4) is 0 Å². The number of Topliss-reactive ketones (excluding diaryl/α,β-unsaturated/α-hetero) is 2. The molecule has 2 unspecified atom stereocenters. The SMILES string of the molecule is [B]C1C(O)C2=C(OC1(C)C)C(=O)c1ccccc1C2=O. The smallest absolute Gasteiger partial charge is 0.228 e. The Hall–Kier alpha value is -1.88. The Morgan fingerprint density at radius 1 is 1.15 bits per heavy atom. The highest BCUT2D eigenvalue weighted by Crippen LogP contribution is 2.43. The van der Waals surface area contributed by atoms with Gasteiger partial charge in [0.15, 0.2) is 11.5 Å². The molecule has 0 fully saturated rings. The predicted octanol–water partition coefficient (Wildman–Crippen LogP) is 1.45. The lowest BCUT2D eigenvalue weighted by molar-refractivity contribution is -0.0237. The van der Waals surface area contributed by atoms with Crippen LogP contribution in [-0.2, 0) is 4.74 Å². The lowest BCUT2D eigenvalue weighted by Crippen LogP contribution is -2.47. The zero-order valence-corrected chi connectivity index (χ0v) is 11.2. The highest BCUT2D eigenvalue weighted by atomic mass is 16.5. The normalized spacial score (nSPS) is 27.8. The molecule has 100 valence electrons. The number of hydrogen-bond acceptors (Lipinski definition) is 4. The Balaban J connectivity index is 2.22. The summed E-state index contributed by atoms with van der Waals surface area (Å²) in [4.78, 5) is 24.9. The van der Waals surface area contributed by atoms with E-state index in [0.29, 0.717) is 5.56 Å². The summed E-state index contributed by atoms with van der Waals surface area (Å²) in [6, 6.07) is 6.51. The van der Waals surface area contributed by atoms with Gasteiger partial charge in [-0.15, -0.1) is 0 Å². The van der Waals surface area contributed by atoms with E-state index in [-0.39, 0.29) is 22.7 Å². The molecule has 0 spiro atoms. The molecule has 4 nitrogen and oxygen atoms in total. The van der Waals surface area contributed by atoms with Crippen LogP contribution >= 0.6 is 0 Å². The number of ether oxygens (including phenoxy) is 1. The number of carbonyl (C=O) groups is 2. The standard InChI is InChI=1S/C15H13BO4/c1-15(2)14(16)12(19)9-10(17)7-5-3-4-6-8(7)11(18)13(9)20-15/h3-6,12,14,19H,1-2H3. The molecule has 0 saturated carbocycles. The fourth-order valence-corrected chi connectivity index (χ4v) is 2.63. The van der Waals surface area contributed by atoms with E-state index in [9.17, 15) is 14.7 Å². The van der Waals surface area contributed by atoms with E-state index in [1.807, 2.05) is 0 Å². The van der Waals surface area contributed by atoms with Gasteiger partial charge in [-0.25, -0.2) is 0 Å². The molecule has 1 aliphatic heterocycles. The third-order valence-corrected chi connectivity index (χ3v) is 3.92. The van der Waals surface area contributed by atoms with Crippen LogP contribution in [0.3, 0.4) is 0 Å². The largest absolute Gasteiger partial charge is 0.484 e. The number of hydrogen-bond donors (Lipinski definition) is 1. The molecule has 0 bridgehead atoms. The van der Waals surface area contributed by atoms with Crippen LogP contribution < -0.4 is 0 Å². The van der Waals surface area contributed by atoms with Gasteiger partial charge in [-0.1, -0.05) is 24.3 Å². The van der Waals surface area contributed by atoms with Crippen molar-refractivity contribution in [2.24, 2.45) is 0 Å². The number of rotatable bonds is 0. The number of aliphatic hydroxyl groups is 1. The monoisotopic (exact) mass is 268 g/mol. The molecule has 2 atom stereocenters. The first-order valence-corrected chi connectivity index (χ1v) is 6.40. The maximum Gasteiger partial charge on any atom is 0.228 e. The van der Waals surface area contributed by atoms with Crippen LogP contribution in [0, 0.1) is 0 Å². The van der Waals surface area contributed by atoms with Crippen molar-refractivity contribution in [1.82, 2.24) is 0 Å². The molecule has 0 aromatic heterocycles. The number of benzene rings is 1. The third kappa shape index (κ3) is 1.59. The number of allylic oxidation sites excluding steroid dienone is 1. The molecule has 1 N–H and O–H groups in total. The van der Waals surface area contributed by atoms with Gasteiger partial charge in [0.25, 0.3) is 0 Å². The van der Waals surface area contributed by atoms with Crippen LogP contribution in [0.5, 0.6) is 0 Å². The molecule has 1 aromatic rings. The lowest BCUT2D eigenvalue weighted by atomic mass is 9.65. The van der Waals surface area contributed by atoms with Gasteiger partial charge in [-0.3, -0.25) is 9.59 Å². The minimum atomic E-state index is -1.21. The first-order valence-electron chi connectivity index (χ1n) is 6.40. The van der Waals surface area contributed by atoms with Crippen LogP contribution in [0.2, 0.25) is 5.82 Å². The highest BCUT2D eigenvalue weighted by molar-refractivity contribution is 6.27. The zero-order chi connectivity index (χ0) is 14.7. The van der Waals surface area contributed by atoms with E-state index in [4.69, 9.17) is 12.6 Å². The van der Waals surface area contributed by atoms with Crippen LogP contribution in [-0.4, -0.2) is 36.2 Å². The average Bonchev–Trinajstić information content (AvgIpc) is 2.42. The summed E-state index contributed by atoms with van der Waals surface area (Å²) in [7, 11) is 5.92. The summed E-state index contributed by atoms with van der Waals surface area (Å²) >= 11 is 0. The van der Waals surface area contributed by atoms with Crippen molar-refractivity contribution in [1.29, 1.82) is 0 Å². The van der Waals surface area contributed by atoms with Crippen molar-refractivity contribution in [3.63, 3.8) is 0 Å². The van der Waals surface area contributed by atoms with Crippen LogP contribution in [0.25, 0.3) is 0 Å². The Kier molecular flexibility index (Phi) is 2.66. The third-order valence-electron chi connectivity index (χ3n) is 3.92. The lowest BCUT2D eigenvalue weighted by Gasteiger charge is -2.43. The summed E-state index contributed by atoms with van der Waals surface area (Å²) in [6.07, 6.45) is -1.21. The Morgan fingerprint density at radius 2 is 1.70 bits per heavy atom. The number of carbonyl (C=O) groups excluding carboxylic acids is 2. The van der Waals surface area contributed by atoms with Gasteiger partial charge in [-0.2, -0.15) is 0 Å². The maximum atomic E-state index is 12.5. The molecule has 2 radical (unpaired) electrons. The molecule has 1 heterocycles. The van der Waals surface area contributed by atoms with Gasteiger partial charge < -0.3 is 9.84 Å². The number of aliphatic hydroxyl groups excluding tert-OH is 1. The van der Waals surface area contributed by atoms with E-state index in [2.05, 4.69) is 0 Å². The Morgan fingerprint density at radius 3 is 2.30 bits per heavy atom. The molecule has 0 saturated heterocycles. The van der Waals surface area contributed by atoms with Crippen molar-refractivity contribution in [3.05, 3.63) is 46.7 Å². The summed E-state index contributed by atoms with van der Waals surface area (Å²) < 4.78 is 5.62. The second-order valence-electron chi connectivity index (χ2n) is 5.62. The van der Waals surface area contributed by atoms with Crippen molar-refractivity contribution in [2.75, 3.05) is 0 Å². The molecule has 1 aromatic carbocycles. The molecular formula is C15H13BO4. The quantitative estimate of drug-likeness (QED) is 0.723. The molecule has 0 amide bonds. The van der Waals surface area contributed by atoms with E-state index < -0.39 is 23.3 Å². The van der Waals surface area contributed by atoms with Gasteiger partial charge in [0, 0.05) is 11.1 Å². The Labute approximate surface area is 117 Å².